The van der Waals surface area contributed by atoms with E-state index in [1.807, 2.05) is 6.92 Å². The number of nitrogens with one attached hydrogen (secondary N) is 1. The molecule has 1 N–H and O–H groups in total. The molecule has 0 radical (unpaired) electrons. The van der Waals surface area contributed by atoms with Crippen LogP contribution in [0.15, 0.2) is 18.2 Å². The summed E-state index contributed by atoms with van der Waals surface area (Å²) in [5, 5.41) is 2.81. The van der Waals surface area contributed by atoms with Crippen molar-refractivity contribution < 1.29 is 13.9 Å². The van der Waals surface area contributed by atoms with E-state index in [2.05, 4.69) is 29.0 Å². The van der Waals surface area contributed by atoms with E-state index in [4.69, 9.17) is 4.74 Å². The SMILES string of the molecule is Cc1ccc(F)cc1NC(=O)CN1CCN2C(COC2(C)C)C1. The van der Waals surface area contributed by atoms with E-state index in [0.717, 1.165) is 25.2 Å². The monoisotopic (exact) mass is 321 g/mol. The normalized spacial score (nSPS) is 24.4. The molecule has 2 heterocycles. The summed E-state index contributed by atoms with van der Waals surface area (Å²) in [6.45, 7) is 9.59. The highest BCUT2D eigenvalue weighted by atomic mass is 19.1. The molecule has 2 aliphatic heterocycles. The third-order valence-electron chi connectivity index (χ3n) is 4.73. The Hall–Kier alpha value is -1.50. The maximum Gasteiger partial charge on any atom is 0.238 e. The van der Waals surface area contributed by atoms with Crippen LogP contribution in [-0.4, -0.2) is 60.3 Å². The van der Waals surface area contributed by atoms with Gasteiger partial charge in [-0.15, -0.1) is 0 Å². The van der Waals surface area contributed by atoms with Crippen LogP contribution in [0.25, 0.3) is 0 Å². The lowest BCUT2D eigenvalue weighted by molar-refractivity contribution is -0.118. The van der Waals surface area contributed by atoms with Crippen molar-refractivity contribution >= 4 is 11.6 Å². The first-order valence-corrected chi connectivity index (χ1v) is 8.04. The summed E-state index contributed by atoms with van der Waals surface area (Å²) in [4.78, 5) is 16.7. The highest BCUT2D eigenvalue weighted by Gasteiger charge is 2.43. The Labute approximate surface area is 136 Å². The van der Waals surface area contributed by atoms with E-state index in [9.17, 15) is 9.18 Å². The Kier molecular flexibility index (Phi) is 4.40. The maximum atomic E-state index is 13.3. The van der Waals surface area contributed by atoms with Crippen LogP contribution in [0.1, 0.15) is 19.4 Å². The van der Waals surface area contributed by atoms with Gasteiger partial charge in [0.05, 0.1) is 13.2 Å². The number of piperazine rings is 1. The summed E-state index contributed by atoms with van der Waals surface area (Å²) in [5.41, 5.74) is 1.19. The number of hydrogen-bond acceptors (Lipinski definition) is 4. The van der Waals surface area contributed by atoms with Crippen molar-refractivity contribution in [3.8, 4) is 0 Å². The minimum Gasteiger partial charge on any atom is -0.359 e. The number of halogens is 1. The van der Waals surface area contributed by atoms with E-state index in [1.54, 1.807) is 6.07 Å². The molecule has 1 aromatic rings. The standard InChI is InChI=1S/C17H24FN3O2/c1-12-4-5-13(18)8-15(12)19-16(22)10-20-6-7-21-14(9-20)11-23-17(21,2)3/h4-5,8,14H,6-7,9-11H2,1-3H3,(H,19,22). The van der Waals surface area contributed by atoms with Gasteiger partial charge in [-0.25, -0.2) is 4.39 Å². The molecule has 0 aromatic heterocycles. The van der Waals surface area contributed by atoms with Crippen LogP contribution in [0.3, 0.4) is 0 Å². The summed E-state index contributed by atoms with van der Waals surface area (Å²) in [6.07, 6.45) is 0. The lowest BCUT2D eigenvalue weighted by Crippen LogP contribution is -2.57. The summed E-state index contributed by atoms with van der Waals surface area (Å²) in [5.74, 6) is -0.449. The van der Waals surface area contributed by atoms with Crippen LogP contribution in [0.2, 0.25) is 0 Å². The fourth-order valence-corrected chi connectivity index (χ4v) is 3.42. The third-order valence-corrected chi connectivity index (χ3v) is 4.73. The number of rotatable bonds is 3. The number of hydrogen-bond donors (Lipinski definition) is 1. The Balaban J connectivity index is 1.56. The van der Waals surface area contributed by atoms with Gasteiger partial charge in [0.2, 0.25) is 5.91 Å². The zero-order chi connectivity index (χ0) is 16.6. The predicted molar refractivity (Wildman–Crippen MR) is 86.7 cm³/mol. The molecule has 1 atom stereocenters. The molecule has 23 heavy (non-hydrogen) atoms. The van der Waals surface area contributed by atoms with Crippen LogP contribution in [0.4, 0.5) is 10.1 Å². The number of benzene rings is 1. The molecule has 5 nitrogen and oxygen atoms in total. The van der Waals surface area contributed by atoms with E-state index >= 15 is 0 Å². The molecule has 3 rings (SSSR count). The largest absolute Gasteiger partial charge is 0.359 e. The first-order chi connectivity index (χ1) is 10.8. The topological polar surface area (TPSA) is 44.8 Å². The Morgan fingerprint density at radius 3 is 3.00 bits per heavy atom. The molecular formula is C17H24FN3O2. The van der Waals surface area contributed by atoms with Crippen molar-refractivity contribution in [3.05, 3.63) is 29.6 Å². The fraction of sp³-hybridized carbons (Fsp3) is 0.588. The number of aryl methyl sites for hydroxylation is 1. The molecule has 126 valence electrons. The number of carbonyl (C=O) groups is 1. The molecule has 1 unspecified atom stereocenters. The summed E-state index contributed by atoms with van der Waals surface area (Å²) >= 11 is 0. The zero-order valence-electron chi connectivity index (χ0n) is 13.9. The molecule has 2 saturated heterocycles. The first-order valence-electron chi connectivity index (χ1n) is 8.04. The van der Waals surface area contributed by atoms with Crippen molar-refractivity contribution in [3.63, 3.8) is 0 Å². The molecule has 1 aromatic carbocycles. The Morgan fingerprint density at radius 2 is 2.22 bits per heavy atom. The lowest BCUT2D eigenvalue weighted by atomic mass is 10.1. The highest BCUT2D eigenvalue weighted by Crippen LogP contribution is 2.29. The number of fused-ring (bicyclic) bond motifs is 1. The predicted octanol–water partition coefficient (Wildman–Crippen LogP) is 1.83. The minimum atomic E-state index is -0.343. The first kappa shape index (κ1) is 16.4. The van der Waals surface area contributed by atoms with Gasteiger partial charge in [-0.1, -0.05) is 6.07 Å². The lowest BCUT2D eigenvalue weighted by Gasteiger charge is -2.41. The second-order valence-corrected chi connectivity index (χ2v) is 6.85. The van der Waals surface area contributed by atoms with Crippen molar-refractivity contribution in [2.45, 2.75) is 32.5 Å². The Bertz CT molecular complexity index is 606. The minimum absolute atomic E-state index is 0.106. The maximum absolute atomic E-state index is 13.3. The van der Waals surface area contributed by atoms with Crippen molar-refractivity contribution in [2.75, 3.05) is 38.1 Å². The number of nitrogens with zero attached hydrogens (tertiary/aromatic N) is 2. The van der Waals surface area contributed by atoms with E-state index in [1.165, 1.54) is 12.1 Å². The molecule has 2 aliphatic rings. The van der Waals surface area contributed by atoms with Gasteiger partial charge in [-0.05, 0) is 38.5 Å². The van der Waals surface area contributed by atoms with Crippen molar-refractivity contribution in [1.29, 1.82) is 0 Å². The van der Waals surface area contributed by atoms with E-state index < -0.39 is 0 Å². The number of carbonyl (C=O) groups excluding carboxylic acids is 1. The molecule has 6 heteroatoms. The smallest absolute Gasteiger partial charge is 0.238 e. The Morgan fingerprint density at radius 1 is 1.43 bits per heavy atom. The molecule has 2 fully saturated rings. The van der Waals surface area contributed by atoms with Gasteiger partial charge in [0.1, 0.15) is 11.5 Å². The van der Waals surface area contributed by atoms with E-state index in [-0.39, 0.29) is 17.4 Å². The van der Waals surface area contributed by atoms with Gasteiger partial charge >= 0.3 is 0 Å². The van der Waals surface area contributed by atoms with Crippen molar-refractivity contribution in [1.82, 2.24) is 9.80 Å². The fourth-order valence-electron chi connectivity index (χ4n) is 3.42. The van der Waals surface area contributed by atoms with Crippen LogP contribution in [-0.2, 0) is 9.53 Å². The number of ether oxygens (including phenoxy) is 1. The summed E-state index contributed by atoms with van der Waals surface area (Å²) < 4.78 is 19.1. The molecular weight excluding hydrogens is 297 g/mol. The zero-order valence-corrected chi connectivity index (χ0v) is 13.9. The van der Waals surface area contributed by atoms with Gasteiger partial charge in [0.25, 0.3) is 0 Å². The van der Waals surface area contributed by atoms with E-state index in [0.29, 0.717) is 24.9 Å². The van der Waals surface area contributed by atoms with Crippen molar-refractivity contribution in [2.24, 2.45) is 0 Å². The van der Waals surface area contributed by atoms with Gasteiger partial charge in [0.15, 0.2) is 0 Å². The summed E-state index contributed by atoms with van der Waals surface area (Å²) in [6, 6.07) is 4.76. The highest BCUT2D eigenvalue weighted by molar-refractivity contribution is 5.92. The van der Waals surface area contributed by atoms with Crippen LogP contribution in [0, 0.1) is 12.7 Å². The molecule has 0 bridgehead atoms. The van der Waals surface area contributed by atoms with Gasteiger partial charge in [-0.2, -0.15) is 0 Å². The second-order valence-electron chi connectivity index (χ2n) is 6.85. The summed E-state index contributed by atoms with van der Waals surface area (Å²) in [7, 11) is 0. The average molecular weight is 321 g/mol. The van der Waals surface area contributed by atoms with Gasteiger partial charge < -0.3 is 10.1 Å². The van der Waals surface area contributed by atoms with Crippen LogP contribution >= 0.6 is 0 Å². The average Bonchev–Trinajstić information content (AvgIpc) is 2.78. The van der Waals surface area contributed by atoms with Gasteiger partial charge in [-0.3, -0.25) is 14.6 Å². The quantitative estimate of drug-likeness (QED) is 0.922. The van der Waals surface area contributed by atoms with Crippen LogP contribution in [0.5, 0.6) is 0 Å². The molecule has 1 amide bonds. The van der Waals surface area contributed by atoms with Crippen LogP contribution < -0.4 is 5.32 Å². The second kappa shape index (κ2) is 6.19. The molecule has 0 aliphatic carbocycles. The number of amides is 1. The third kappa shape index (κ3) is 3.54. The van der Waals surface area contributed by atoms with Gasteiger partial charge in [0, 0.05) is 31.4 Å². The number of anilines is 1. The molecule has 0 saturated carbocycles. The molecule has 0 spiro atoms.